The van der Waals surface area contributed by atoms with E-state index in [1.54, 1.807) is 11.3 Å². The second-order valence-corrected chi connectivity index (χ2v) is 7.26. The van der Waals surface area contributed by atoms with Crippen molar-refractivity contribution in [1.82, 2.24) is 9.38 Å². The van der Waals surface area contributed by atoms with E-state index in [-0.39, 0.29) is 0 Å². The predicted molar refractivity (Wildman–Crippen MR) is 101 cm³/mol. The molecule has 5 heteroatoms. The quantitative estimate of drug-likeness (QED) is 0.686. The first-order valence-electron chi connectivity index (χ1n) is 8.06. The van der Waals surface area contributed by atoms with E-state index in [1.165, 1.54) is 16.3 Å². The Labute approximate surface area is 146 Å². The second kappa shape index (κ2) is 6.79. The third-order valence-corrected chi connectivity index (χ3v) is 4.89. The molecular formula is C19H23N3OS. The zero-order valence-corrected chi connectivity index (χ0v) is 15.2. The van der Waals surface area contributed by atoms with E-state index < -0.39 is 0 Å². The summed E-state index contributed by atoms with van der Waals surface area (Å²) < 4.78 is 7.95. The van der Waals surface area contributed by atoms with Gasteiger partial charge in [0, 0.05) is 17.0 Å². The lowest BCUT2D eigenvalue weighted by Crippen LogP contribution is -2.06. The molecule has 0 radical (unpaired) electrons. The van der Waals surface area contributed by atoms with E-state index in [1.807, 2.05) is 19.1 Å². The molecule has 24 heavy (non-hydrogen) atoms. The number of nitrogens with two attached hydrogens (primary N) is 1. The topological polar surface area (TPSA) is 52.5 Å². The van der Waals surface area contributed by atoms with Crippen LogP contribution < -0.4 is 10.5 Å². The van der Waals surface area contributed by atoms with Gasteiger partial charge in [0.15, 0.2) is 4.96 Å². The molecule has 3 rings (SSSR count). The summed E-state index contributed by atoms with van der Waals surface area (Å²) in [5.74, 6) is 0.856. The van der Waals surface area contributed by atoms with Crippen LogP contribution in [0, 0.1) is 13.8 Å². The van der Waals surface area contributed by atoms with Gasteiger partial charge in [-0.3, -0.25) is 4.40 Å². The van der Waals surface area contributed by atoms with E-state index in [9.17, 15) is 0 Å². The van der Waals surface area contributed by atoms with Crippen LogP contribution >= 0.6 is 11.3 Å². The van der Waals surface area contributed by atoms with Gasteiger partial charge in [-0.15, -0.1) is 11.3 Å². The molecule has 4 nitrogen and oxygen atoms in total. The van der Waals surface area contributed by atoms with Crippen molar-refractivity contribution in [2.75, 3.05) is 13.2 Å². The number of aromatic nitrogens is 2. The van der Waals surface area contributed by atoms with Crippen molar-refractivity contribution in [3.05, 3.63) is 52.7 Å². The molecule has 0 fully saturated rings. The standard InChI is InChI=1S/C19H23N3OS/c1-12(2)11-23-16-7-5-15(6-8-16)18-14(4)24-19-21-13(3)17(9-10-20)22(18)19/h5-8H,1,9-11,20H2,2-4H3. The summed E-state index contributed by atoms with van der Waals surface area (Å²) in [5.41, 5.74) is 11.4. The molecule has 2 aromatic heterocycles. The van der Waals surface area contributed by atoms with Crippen LogP contribution in [-0.2, 0) is 6.42 Å². The second-order valence-electron chi connectivity index (χ2n) is 6.08. The van der Waals surface area contributed by atoms with Crippen molar-refractivity contribution in [3.63, 3.8) is 0 Å². The highest BCUT2D eigenvalue weighted by molar-refractivity contribution is 7.17. The highest BCUT2D eigenvalue weighted by Crippen LogP contribution is 2.34. The Morgan fingerprint density at radius 1 is 1.29 bits per heavy atom. The molecule has 3 aromatic rings. The number of hydrogen-bond acceptors (Lipinski definition) is 4. The SMILES string of the molecule is C=C(C)COc1ccc(-c2c(C)sc3nc(C)c(CCN)n23)cc1. The van der Waals surface area contributed by atoms with Crippen LogP contribution in [0.4, 0.5) is 0 Å². The molecule has 0 saturated carbocycles. The molecular weight excluding hydrogens is 318 g/mol. The average Bonchev–Trinajstić information content (AvgIpc) is 3.01. The minimum Gasteiger partial charge on any atom is -0.489 e. The normalized spacial score (nSPS) is 11.2. The fourth-order valence-electron chi connectivity index (χ4n) is 2.85. The van der Waals surface area contributed by atoms with Gasteiger partial charge in [0.2, 0.25) is 0 Å². The lowest BCUT2D eigenvalue weighted by Gasteiger charge is -2.09. The van der Waals surface area contributed by atoms with E-state index in [0.717, 1.165) is 34.0 Å². The number of fused-ring (bicyclic) bond motifs is 1. The molecule has 0 unspecified atom stereocenters. The molecule has 126 valence electrons. The Morgan fingerprint density at radius 3 is 2.62 bits per heavy atom. The molecule has 2 heterocycles. The van der Waals surface area contributed by atoms with Gasteiger partial charge in [0.05, 0.1) is 11.4 Å². The lowest BCUT2D eigenvalue weighted by atomic mass is 10.1. The Balaban J connectivity index is 2.02. The van der Waals surface area contributed by atoms with Crippen molar-refractivity contribution >= 4 is 16.3 Å². The van der Waals surface area contributed by atoms with Crippen molar-refractivity contribution < 1.29 is 4.74 Å². The van der Waals surface area contributed by atoms with E-state index >= 15 is 0 Å². The maximum Gasteiger partial charge on any atom is 0.194 e. The van der Waals surface area contributed by atoms with Crippen LogP contribution in [0.25, 0.3) is 16.2 Å². The molecule has 0 saturated heterocycles. The van der Waals surface area contributed by atoms with Crippen molar-refractivity contribution in [2.45, 2.75) is 27.2 Å². The summed E-state index contributed by atoms with van der Waals surface area (Å²) in [5, 5.41) is 0. The number of nitrogens with zero attached hydrogens (tertiary/aromatic N) is 2. The van der Waals surface area contributed by atoms with Gasteiger partial charge >= 0.3 is 0 Å². The smallest absolute Gasteiger partial charge is 0.194 e. The molecule has 0 amide bonds. The van der Waals surface area contributed by atoms with E-state index in [0.29, 0.717) is 13.2 Å². The third-order valence-electron chi connectivity index (χ3n) is 3.94. The maximum atomic E-state index is 5.79. The van der Waals surface area contributed by atoms with Crippen LogP contribution in [0.2, 0.25) is 0 Å². The van der Waals surface area contributed by atoms with Crippen LogP contribution in [0.15, 0.2) is 36.4 Å². The summed E-state index contributed by atoms with van der Waals surface area (Å²) in [7, 11) is 0. The number of ether oxygens (including phenoxy) is 1. The summed E-state index contributed by atoms with van der Waals surface area (Å²) in [4.78, 5) is 6.99. The number of thiazole rings is 1. The van der Waals surface area contributed by atoms with Crippen molar-refractivity contribution in [3.8, 4) is 17.0 Å². The highest BCUT2D eigenvalue weighted by Gasteiger charge is 2.17. The third kappa shape index (κ3) is 3.09. The number of benzene rings is 1. The molecule has 0 spiro atoms. The summed E-state index contributed by atoms with van der Waals surface area (Å²) in [6.07, 6.45) is 0.829. The zero-order chi connectivity index (χ0) is 17.3. The lowest BCUT2D eigenvalue weighted by molar-refractivity contribution is 0.353. The van der Waals surface area contributed by atoms with Crippen LogP contribution in [0.5, 0.6) is 5.75 Å². The minimum atomic E-state index is 0.544. The van der Waals surface area contributed by atoms with Gasteiger partial charge in [-0.1, -0.05) is 6.58 Å². The fourth-order valence-corrected chi connectivity index (χ4v) is 3.91. The van der Waals surface area contributed by atoms with Gasteiger partial charge in [0.1, 0.15) is 12.4 Å². The van der Waals surface area contributed by atoms with Gasteiger partial charge in [-0.25, -0.2) is 4.98 Å². The minimum absolute atomic E-state index is 0.544. The first-order chi connectivity index (χ1) is 11.5. The van der Waals surface area contributed by atoms with Crippen LogP contribution in [0.1, 0.15) is 23.2 Å². The van der Waals surface area contributed by atoms with Gasteiger partial charge in [-0.05, 0) is 62.7 Å². The Bertz CT molecular complexity index is 874. The average molecular weight is 341 g/mol. The maximum absolute atomic E-state index is 5.79. The van der Waals surface area contributed by atoms with Gasteiger partial charge in [-0.2, -0.15) is 0 Å². The van der Waals surface area contributed by atoms with E-state index in [2.05, 4.69) is 37.0 Å². The van der Waals surface area contributed by atoms with Crippen molar-refractivity contribution in [2.24, 2.45) is 5.73 Å². The summed E-state index contributed by atoms with van der Waals surface area (Å²) >= 11 is 1.72. The van der Waals surface area contributed by atoms with Crippen LogP contribution in [-0.4, -0.2) is 22.5 Å². The zero-order valence-electron chi connectivity index (χ0n) is 14.4. The molecule has 0 aliphatic heterocycles. The predicted octanol–water partition coefficient (Wildman–Crippen LogP) is 4.14. The van der Waals surface area contributed by atoms with Crippen molar-refractivity contribution in [1.29, 1.82) is 0 Å². The van der Waals surface area contributed by atoms with Crippen LogP contribution in [0.3, 0.4) is 0 Å². The Kier molecular flexibility index (Phi) is 4.73. The first kappa shape index (κ1) is 16.7. The summed E-state index contributed by atoms with van der Waals surface area (Å²) in [6, 6.07) is 8.22. The Morgan fingerprint density at radius 2 is 2.00 bits per heavy atom. The molecule has 0 aliphatic rings. The summed E-state index contributed by atoms with van der Waals surface area (Å²) in [6.45, 7) is 11.2. The molecule has 0 bridgehead atoms. The molecule has 2 N–H and O–H groups in total. The molecule has 0 atom stereocenters. The largest absolute Gasteiger partial charge is 0.489 e. The van der Waals surface area contributed by atoms with E-state index in [4.69, 9.17) is 15.5 Å². The number of hydrogen-bond donors (Lipinski definition) is 1. The monoisotopic (exact) mass is 341 g/mol. The number of aryl methyl sites for hydroxylation is 2. The Hall–Kier alpha value is -2.11. The number of rotatable bonds is 6. The molecule has 1 aromatic carbocycles. The highest BCUT2D eigenvalue weighted by atomic mass is 32.1. The van der Waals surface area contributed by atoms with Gasteiger partial charge < -0.3 is 10.5 Å². The molecule has 0 aliphatic carbocycles. The first-order valence-corrected chi connectivity index (χ1v) is 8.88. The fraction of sp³-hybridized carbons (Fsp3) is 0.316. The number of imidazole rings is 1. The van der Waals surface area contributed by atoms with Gasteiger partial charge in [0.25, 0.3) is 0 Å².